The van der Waals surface area contributed by atoms with E-state index < -0.39 is 5.97 Å². The zero-order valence-electron chi connectivity index (χ0n) is 16.3. The number of carbonyl (C=O) groups is 1. The number of anilines is 1. The van der Waals surface area contributed by atoms with Crippen molar-refractivity contribution < 1.29 is 9.90 Å². The lowest BCUT2D eigenvalue weighted by molar-refractivity contribution is 0.0697. The molecule has 7 nitrogen and oxygen atoms in total. The van der Waals surface area contributed by atoms with E-state index in [-0.39, 0.29) is 0 Å². The largest absolute Gasteiger partial charge is 0.478 e. The minimum Gasteiger partial charge on any atom is -0.478 e. The Labute approximate surface area is 173 Å². The second kappa shape index (κ2) is 7.59. The molecule has 0 radical (unpaired) electrons. The van der Waals surface area contributed by atoms with Crippen molar-refractivity contribution in [1.29, 1.82) is 0 Å². The van der Waals surface area contributed by atoms with Gasteiger partial charge in [-0.05, 0) is 43.2 Å². The number of hydrogen-bond donors (Lipinski definition) is 1. The average molecular weight is 399 g/mol. The van der Waals surface area contributed by atoms with E-state index in [1.54, 1.807) is 24.4 Å². The fourth-order valence-electron chi connectivity index (χ4n) is 3.99. The van der Waals surface area contributed by atoms with Gasteiger partial charge in [-0.3, -0.25) is 9.67 Å². The molecule has 0 amide bonds. The summed E-state index contributed by atoms with van der Waals surface area (Å²) < 4.78 is 2.03. The highest BCUT2D eigenvalue weighted by Gasteiger charge is 2.22. The number of benzene rings is 2. The molecule has 7 heteroatoms. The summed E-state index contributed by atoms with van der Waals surface area (Å²) >= 11 is 0. The van der Waals surface area contributed by atoms with Crippen LogP contribution in [0.15, 0.2) is 67.1 Å². The third-order valence-corrected chi connectivity index (χ3v) is 5.64. The zero-order valence-corrected chi connectivity index (χ0v) is 16.3. The maximum atomic E-state index is 11.2. The van der Waals surface area contributed by atoms with Crippen LogP contribution >= 0.6 is 0 Å². The van der Waals surface area contributed by atoms with E-state index in [2.05, 4.69) is 15.0 Å². The molecule has 1 fully saturated rings. The third kappa shape index (κ3) is 3.50. The standard InChI is InChI=1S/C23H21N5O2/c29-23(30)16-4-3-5-19(12-16)27-10-8-18(9-11-27)28-15-17(13-25-28)22-14-24-20-6-1-2-7-21(20)26-22/h1-7,12-15,18H,8-11H2,(H,29,30). The highest BCUT2D eigenvalue weighted by molar-refractivity contribution is 5.88. The van der Waals surface area contributed by atoms with Gasteiger partial charge in [0.15, 0.2) is 0 Å². The van der Waals surface area contributed by atoms with Gasteiger partial charge in [-0.15, -0.1) is 0 Å². The van der Waals surface area contributed by atoms with Crippen LogP contribution < -0.4 is 4.90 Å². The molecule has 3 heterocycles. The Kier molecular flexibility index (Phi) is 4.63. The molecule has 150 valence electrons. The van der Waals surface area contributed by atoms with Crippen LogP contribution in [0.1, 0.15) is 29.2 Å². The first-order valence-corrected chi connectivity index (χ1v) is 10.0. The van der Waals surface area contributed by atoms with Crippen molar-refractivity contribution >= 4 is 22.7 Å². The van der Waals surface area contributed by atoms with Gasteiger partial charge >= 0.3 is 5.97 Å². The molecule has 0 aliphatic carbocycles. The van der Waals surface area contributed by atoms with E-state index in [1.165, 1.54) is 0 Å². The molecule has 0 atom stereocenters. The molecule has 4 aromatic rings. The van der Waals surface area contributed by atoms with Crippen molar-refractivity contribution in [1.82, 2.24) is 19.7 Å². The molecule has 0 bridgehead atoms. The first-order valence-electron chi connectivity index (χ1n) is 10.0. The fourth-order valence-corrected chi connectivity index (χ4v) is 3.99. The van der Waals surface area contributed by atoms with E-state index >= 15 is 0 Å². The lowest BCUT2D eigenvalue weighted by atomic mass is 10.0. The molecule has 0 unspecified atom stereocenters. The second-order valence-electron chi connectivity index (χ2n) is 7.53. The number of carboxylic acid groups (broad SMARTS) is 1. The van der Waals surface area contributed by atoms with Gasteiger partial charge in [0.1, 0.15) is 0 Å². The molecule has 2 aromatic carbocycles. The van der Waals surface area contributed by atoms with Crippen LogP contribution in [-0.2, 0) is 0 Å². The Bertz CT molecular complexity index is 1210. The second-order valence-corrected chi connectivity index (χ2v) is 7.53. The predicted molar refractivity (Wildman–Crippen MR) is 115 cm³/mol. The monoisotopic (exact) mass is 399 g/mol. The smallest absolute Gasteiger partial charge is 0.335 e. The molecule has 30 heavy (non-hydrogen) atoms. The molecular formula is C23H21N5O2. The summed E-state index contributed by atoms with van der Waals surface area (Å²) in [6.45, 7) is 1.72. The summed E-state index contributed by atoms with van der Waals surface area (Å²) in [4.78, 5) is 22.7. The number of nitrogens with zero attached hydrogens (tertiary/aromatic N) is 5. The van der Waals surface area contributed by atoms with Gasteiger partial charge in [0.2, 0.25) is 0 Å². The number of carboxylic acids is 1. The van der Waals surface area contributed by atoms with Crippen molar-refractivity contribution in [2.24, 2.45) is 0 Å². The van der Waals surface area contributed by atoms with E-state index in [0.29, 0.717) is 11.6 Å². The number of hydrogen-bond acceptors (Lipinski definition) is 5. The van der Waals surface area contributed by atoms with Crippen molar-refractivity contribution in [3.8, 4) is 11.3 Å². The quantitative estimate of drug-likeness (QED) is 0.558. The Hall–Kier alpha value is -3.74. The Balaban J connectivity index is 1.29. The van der Waals surface area contributed by atoms with E-state index in [1.807, 2.05) is 47.4 Å². The number of fused-ring (bicyclic) bond motifs is 1. The molecule has 1 saturated heterocycles. The number of aromatic carboxylic acids is 1. The first kappa shape index (κ1) is 18.3. The van der Waals surface area contributed by atoms with Gasteiger partial charge in [0.25, 0.3) is 0 Å². The van der Waals surface area contributed by atoms with Crippen LogP contribution in [0.2, 0.25) is 0 Å². The SMILES string of the molecule is O=C(O)c1cccc(N2CCC(n3cc(-c4cnc5ccccc5n4)cn3)CC2)c1. The van der Waals surface area contributed by atoms with Crippen LogP contribution in [0.4, 0.5) is 5.69 Å². The number of rotatable bonds is 4. The predicted octanol–water partition coefficient (Wildman–Crippen LogP) is 4.03. The van der Waals surface area contributed by atoms with Crippen LogP contribution in [0.25, 0.3) is 22.3 Å². The van der Waals surface area contributed by atoms with E-state index in [4.69, 9.17) is 4.98 Å². The Morgan fingerprint density at radius 1 is 1.00 bits per heavy atom. The van der Waals surface area contributed by atoms with Crippen LogP contribution in [0.3, 0.4) is 0 Å². The van der Waals surface area contributed by atoms with E-state index in [0.717, 1.165) is 53.9 Å². The highest BCUT2D eigenvalue weighted by atomic mass is 16.4. The van der Waals surface area contributed by atoms with E-state index in [9.17, 15) is 9.90 Å². The van der Waals surface area contributed by atoms with Gasteiger partial charge in [0, 0.05) is 30.5 Å². The molecule has 1 aliphatic rings. The summed E-state index contributed by atoms with van der Waals surface area (Å²) in [6, 6.07) is 15.3. The number of aromatic nitrogens is 4. The minimum atomic E-state index is -0.896. The lowest BCUT2D eigenvalue weighted by Crippen LogP contribution is -2.34. The van der Waals surface area contributed by atoms with Gasteiger partial charge in [-0.2, -0.15) is 5.10 Å². The Morgan fingerprint density at radius 3 is 2.60 bits per heavy atom. The highest BCUT2D eigenvalue weighted by Crippen LogP contribution is 2.28. The van der Waals surface area contributed by atoms with Crippen LogP contribution in [-0.4, -0.2) is 43.9 Å². The third-order valence-electron chi connectivity index (χ3n) is 5.64. The topological polar surface area (TPSA) is 84.1 Å². The van der Waals surface area contributed by atoms with Crippen molar-refractivity contribution in [3.05, 3.63) is 72.7 Å². The molecule has 5 rings (SSSR count). The molecule has 1 N–H and O–H groups in total. The fraction of sp³-hybridized carbons (Fsp3) is 0.217. The lowest BCUT2D eigenvalue weighted by Gasteiger charge is -2.33. The summed E-state index contributed by atoms with van der Waals surface area (Å²) in [5, 5.41) is 13.8. The Morgan fingerprint density at radius 2 is 1.80 bits per heavy atom. The number of para-hydroxylation sites is 2. The van der Waals surface area contributed by atoms with Gasteiger partial charge in [-0.1, -0.05) is 18.2 Å². The first-order chi connectivity index (χ1) is 14.7. The van der Waals surface area contributed by atoms with Crippen molar-refractivity contribution in [3.63, 3.8) is 0 Å². The maximum Gasteiger partial charge on any atom is 0.335 e. The van der Waals surface area contributed by atoms with Crippen molar-refractivity contribution in [2.45, 2.75) is 18.9 Å². The van der Waals surface area contributed by atoms with Gasteiger partial charge in [0.05, 0.1) is 40.7 Å². The molecule has 1 aliphatic heterocycles. The van der Waals surface area contributed by atoms with Crippen LogP contribution in [0.5, 0.6) is 0 Å². The van der Waals surface area contributed by atoms with Crippen molar-refractivity contribution in [2.75, 3.05) is 18.0 Å². The molecule has 2 aromatic heterocycles. The minimum absolute atomic E-state index is 0.311. The summed E-state index contributed by atoms with van der Waals surface area (Å²) in [6.07, 6.45) is 7.58. The summed E-state index contributed by atoms with van der Waals surface area (Å²) in [5.41, 5.74) is 4.82. The zero-order chi connectivity index (χ0) is 20.5. The summed E-state index contributed by atoms with van der Waals surface area (Å²) in [7, 11) is 0. The number of piperidine rings is 1. The normalized spacial score (nSPS) is 14.9. The average Bonchev–Trinajstić information content (AvgIpc) is 3.29. The molecular weight excluding hydrogens is 378 g/mol. The van der Waals surface area contributed by atoms with Gasteiger partial charge < -0.3 is 10.0 Å². The molecule has 0 spiro atoms. The van der Waals surface area contributed by atoms with Gasteiger partial charge in [-0.25, -0.2) is 9.78 Å². The maximum absolute atomic E-state index is 11.2. The molecule has 0 saturated carbocycles. The van der Waals surface area contributed by atoms with Crippen LogP contribution in [0, 0.1) is 0 Å². The summed E-state index contributed by atoms with van der Waals surface area (Å²) in [5.74, 6) is -0.896.